The number of benzene rings is 1. The van der Waals surface area contributed by atoms with E-state index >= 15 is 0 Å². The fourth-order valence-electron chi connectivity index (χ4n) is 1.64. The average Bonchev–Trinajstić information content (AvgIpc) is 2.80. The molecule has 0 amide bonds. The van der Waals surface area contributed by atoms with Gasteiger partial charge in [0, 0.05) is 10.3 Å². The van der Waals surface area contributed by atoms with E-state index in [9.17, 15) is 9.18 Å². The maximum Gasteiger partial charge on any atom is 0.329 e. The van der Waals surface area contributed by atoms with Gasteiger partial charge in [-0.15, -0.1) is 18.2 Å². The first-order valence-corrected chi connectivity index (χ1v) is 8.58. The van der Waals surface area contributed by atoms with Crippen molar-refractivity contribution in [3.05, 3.63) is 37.6 Å². The van der Waals surface area contributed by atoms with E-state index < -0.39 is 5.82 Å². The number of thioether (sulfide) groups is 1. The summed E-state index contributed by atoms with van der Waals surface area (Å²) in [7, 11) is 0. The van der Waals surface area contributed by atoms with E-state index in [1.165, 1.54) is 23.9 Å². The predicted molar refractivity (Wildman–Crippen MR) is 90.9 cm³/mol. The minimum absolute atomic E-state index is 0.0840. The van der Waals surface area contributed by atoms with Crippen LogP contribution in [0.2, 0.25) is 5.02 Å². The van der Waals surface area contributed by atoms with Crippen LogP contribution in [0.25, 0.3) is 5.69 Å². The van der Waals surface area contributed by atoms with Crippen molar-refractivity contribution in [1.29, 1.82) is 0 Å². The Bertz CT molecular complexity index is 799. The molecule has 1 aromatic heterocycles. The second-order valence-corrected chi connectivity index (χ2v) is 7.93. The van der Waals surface area contributed by atoms with Gasteiger partial charge in [0.2, 0.25) is 0 Å². The second-order valence-electron chi connectivity index (χ2n) is 5.56. The number of halogens is 2. The zero-order valence-electron chi connectivity index (χ0n) is 12.3. The molecule has 0 bridgehead atoms. The smallest absolute Gasteiger partial charge is 0.255 e. The van der Waals surface area contributed by atoms with Gasteiger partial charge in [-0.1, -0.05) is 49.6 Å². The van der Waals surface area contributed by atoms with Crippen molar-refractivity contribution in [2.75, 3.05) is 5.75 Å². The largest absolute Gasteiger partial charge is 0.329 e. The Hall–Kier alpha value is -1.29. The fraction of sp³-hybridized carbons (Fsp3) is 0.333. The minimum Gasteiger partial charge on any atom is -0.255 e. The standard InChI is InChI=1S/C15H14ClFN2OS2/c1-5-6-21-12-8-11(10(17)7-9(12)16)19-14(20)22-13(18-19)15(2,3)4/h1,7-8H,6H2,2-4H3. The van der Waals surface area contributed by atoms with Crippen LogP contribution in [0.3, 0.4) is 0 Å². The summed E-state index contributed by atoms with van der Waals surface area (Å²) in [6.07, 6.45) is 5.23. The van der Waals surface area contributed by atoms with E-state index in [0.717, 1.165) is 16.0 Å². The molecule has 0 aliphatic carbocycles. The Labute approximate surface area is 141 Å². The molecule has 3 nitrogen and oxygen atoms in total. The molecular weight excluding hydrogens is 343 g/mol. The first-order valence-electron chi connectivity index (χ1n) is 6.40. The molecule has 22 heavy (non-hydrogen) atoms. The third kappa shape index (κ3) is 3.54. The molecule has 1 heterocycles. The van der Waals surface area contributed by atoms with Gasteiger partial charge in [-0.3, -0.25) is 4.79 Å². The van der Waals surface area contributed by atoms with Crippen LogP contribution in [0.4, 0.5) is 4.39 Å². The summed E-state index contributed by atoms with van der Waals surface area (Å²) in [5.74, 6) is 2.29. The Kier molecular flexibility index (Phi) is 5.00. The zero-order chi connectivity index (χ0) is 16.5. The molecule has 0 saturated heterocycles. The third-order valence-corrected chi connectivity index (χ3v) is 5.35. The van der Waals surface area contributed by atoms with Gasteiger partial charge in [0.25, 0.3) is 0 Å². The highest BCUT2D eigenvalue weighted by Gasteiger charge is 2.22. The van der Waals surface area contributed by atoms with E-state index in [-0.39, 0.29) is 21.0 Å². The summed E-state index contributed by atoms with van der Waals surface area (Å²) in [6, 6.07) is 2.69. The molecule has 0 N–H and O–H groups in total. The highest BCUT2D eigenvalue weighted by atomic mass is 35.5. The number of hydrogen-bond donors (Lipinski definition) is 0. The van der Waals surface area contributed by atoms with Crippen LogP contribution in [-0.2, 0) is 5.41 Å². The summed E-state index contributed by atoms with van der Waals surface area (Å²) < 4.78 is 15.3. The van der Waals surface area contributed by atoms with Crippen LogP contribution in [0.5, 0.6) is 0 Å². The van der Waals surface area contributed by atoms with E-state index in [1.807, 2.05) is 20.8 Å². The van der Waals surface area contributed by atoms with Crippen molar-refractivity contribution < 1.29 is 4.39 Å². The Morgan fingerprint density at radius 1 is 1.50 bits per heavy atom. The lowest BCUT2D eigenvalue weighted by molar-refractivity contribution is 0.561. The molecule has 0 atom stereocenters. The van der Waals surface area contributed by atoms with Crippen LogP contribution in [0.15, 0.2) is 21.8 Å². The predicted octanol–water partition coefficient (Wildman–Crippen LogP) is 4.11. The Morgan fingerprint density at radius 2 is 2.18 bits per heavy atom. The van der Waals surface area contributed by atoms with Gasteiger partial charge in [0.1, 0.15) is 10.7 Å². The lowest BCUT2D eigenvalue weighted by atomic mass is 9.98. The van der Waals surface area contributed by atoms with Crippen molar-refractivity contribution in [1.82, 2.24) is 9.78 Å². The molecule has 0 fully saturated rings. The Balaban J connectivity index is 2.56. The maximum atomic E-state index is 14.2. The molecule has 2 rings (SSSR count). The molecule has 0 aliphatic heterocycles. The van der Waals surface area contributed by atoms with E-state index in [2.05, 4.69) is 11.0 Å². The van der Waals surface area contributed by atoms with Gasteiger partial charge in [0.15, 0.2) is 5.82 Å². The number of terminal acetylenes is 1. The van der Waals surface area contributed by atoms with E-state index in [0.29, 0.717) is 15.7 Å². The minimum atomic E-state index is -0.595. The van der Waals surface area contributed by atoms with Crippen LogP contribution < -0.4 is 4.87 Å². The first-order chi connectivity index (χ1) is 10.2. The molecule has 0 aliphatic rings. The van der Waals surface area contributed by atoms with Crippen LogP contribution in [-0.4, -0.2) is 15.5 Å². The maximum absolute atomic E-state index is 14.2. The normalized spacial score (nSPS) is 11.5. The summed E-state index contributed by atoms with van der Waals surface area (Å²) in [5, 5.41) is 5.16. The molecule has 0 radical (unpaired) electrons. The quantitative estimate of drug-likeness (QED) is 0.613. The summed E-state index contributed by atoms with van der Waals surface area (Å²) in [5.41, 5.74) is -0.195. The monoisotopic (exact) mass is 356 g/mol. The lowest BCUT2D eigenvalue weighted by Gasteiger charge is -2.13. The zero-order valence-corrected chi connectivity index (χ0v) is 14.7. The SMILES string of the molecule is C#CCSc1cc(-n2nc(C(C)(C)C)sc2=O)c(F)cc1Cl. The van der Waals surface area contributed by atoms with Gasteiger partial charge in [-0.05, 0) is 12.1 Å². The van der Waals surface area contributed by atoms with Gasteiger partial charge in [-0.25, -0.2) is 4.39 Å². The van der Waals surface area contributed by atoms with Gasteiger partial charge < -0.3 is 0 Å². The van der Waals surface area contributed by atoms with Crippen LogP contribution in [0.1, 0.15) is 25.8 Å². The van der Waals surface area contributed by atoms with Crippen LogP contribution >= 0.6 is 34.7 Å². The molecule has 7 heteroatoms. The number of rotatable bonds is 3. The van der Waals surface area contributed by atoms with Gasteiger partial charge in [0.05, 0.1) is 10.8 Å². The molecule has 116 valence electrons. The topological polar surface area (TPSA) is 34.9 Å². The van der Waals surface area contributed by atoms with Crippen LogP contribution in [0, 0.1) is 18.2 Å². The molecule has 2 aromatic rings. The number of hydrogen-bond acceptors (Lipinski definition) is 4. The van der Waals surface area contributed by atoms with Crippen molar-refractivity contribution in [2.24, 2.45) is 0 Å². The summed E-state index contributed by atoms with van der Waals surface area (Å²) >= 11 is 8.33. The van der Waals surface area contributed by atoms with Gasteiger partial charge >= 0.3 is 4.87 Å². The highest BCUT2D eigenvalue weighted by molar-refractivity contribution is 7.99. The number of aromatic nitrogens is 2. The molecular formula is C15H14ClFN2OS2. The average molecular weight is 357 g/mol. The van der Waals surface area contributed by atoms with Crippen molar-refractivity contribution in [3.63, 3.8) is 0 Å². The fourth-order valence-corrected chi connectivity index (χ4v) is 3.41. The molecule has 0 saturated carbocycles. The van der Waals surface area contributed by atoms with E-state index in [1.54, 1.807) is 0 Å². The lowest BCUT2D eigenvalue weighted by Crippen LogP contribution is -2.15. The van der Waals surface area contributed by atoms with E-state index in [4.69, 9.17) is 18.0 Å². The van der Waals surface area contributed by atoms with Crippen molar-refractivity contribution in [3.8, 4) is 18.0 Å². The molecule has 0 spiro atoms. The summed E-state index contributed by atoms with van der Waals surface area (Å²) in [4.78, 5) is 12.4. The van der Waals surface area contributed by atoms with Gasteiger partial charge in [-0.2, -0.15) is 9.78 Å². The highest BCUT2D eigenvalue weighted by Crippen LogP contribution is 2.31. The second kappa shape index (κ2) is 6.45. The Morgan fingerprint density at radius 3 is 2.73 bits per heavy atom. The number of nitrogens with zero attached hydrogens (tertiary/aromatic N) is 2. The molecule has 0 unspecified atom stereocenters. The third-order valence-electron chi connectivity index (χ3n) is 2.73. The first kappa shape index (κ1) is 17.1. The summed E-state index contributed by atoms with van der Waals surface area (Å²) in [6.45, 7) is 5.84. The van der Waals surface area contributed by atoms with Crippen molar-refractivity contribution >= 4 is 34.7 Å². The van der Waals surface area contributed by atoms with Crippen molar-refractivity contribution in [2.45, 2.75) is 31.1 Å². The molecule has 1 aromatic carbocycles.